The molecule has 1 aliphatic heterocycles. The van der Waals surface area contributed by atoms with Gasteiger partial charge in [-0.05, 0) is 69.3 Å². The van der Waals surface area contributed by atoms with Gasteiger partial charge in [0, 0.05) is 17.7 Å². The maximum atomic E-state index is 12.4. The third-order valence-electron chi connectivity index (χ3n) is 4.56. The minimum Gasteiger partial charge on any atom is -0.465 e. The summed E-state index contributed by atoms with van der Waals surface area (Å²) in [6.45, 7) is 4.41. The van der Waals surface area contributed by atoms with Gasteiger partial charge in [-0.1, -0.05) is 0 Å². The number of primary amides is 1. The maximum Gasteiger partial charge on any atom is 0.251 e. The number of rotatable bonds is 6. The molecule has 0 saturated carbocycles. The van der Waals surface area contributed by atoms with Crippen molar-refractivity contribution in [3.05, 3.63) is 59.0 Å². The van der Waals surface area contributed by atoms with E-state index >= 15 is 0 Å². The highest BCUT2D eigenvalue weighted by Crippen LogP contribution is 2.26. The van der Waals surface area contributed by atoms with Crippen molar-refractivity contribution in [3.8, 4) is 0 Å². The lowest BCUT2D eigenvalue weighted by Crippen LogP contribution is -2.36. The van der Waals surface area contributed by atoms with Gasteiger partial charge in [0.2, 0.25) is 5.91 Å². The molecule has 6 heteroatoms. The molecule has 2 aromatic rings. The van der Waals surface area contributed by atoms with E-state index in [9.17, 15) is 9.59 Å². The molecule has 0 spiro atoms. The summed E-state index contributed by atoms with van der Waals surface area (Å²) in [6, 6.07) is 10.3. The fourth-order valence-electron chi connectivity index (χ4n) is 3.17. The SMILES string of the molecule is Cc1ccc([C@@H](CNC(=O)c2ccc(C(N)=O)cc2)N2CCCC2)o1. The van der Waals surface area contributed by atoms with Crippen LogP contribution in [0.3, 0.4) is 0 Å². The molecule has 1 fully saturated rings. The van der Waals surface area contributed by atoms with Crippen LogP contribution in [0.1, 0.15) is 51.1 Å². The van der Waals surface area contributed by atoms with Crippen LogP contribution >= 0.6 is 0 Å². The van der Waals surface area contributed by atoms with Crippen molar-refractivity contribution in [1.82, 2.24) is 10.2 Å². The van der Waals surface area contributed by atoms with Crippen molar-refractivity contribution in [2.45, 2.75) is 25.8 Å². The standard InChI is InChI=1S/C19H23N3O3/c1-13-4-9-17(25-13)16(22-10-2-3-11-22)12-21-19(24)15-7-5-14(6-8-15)18(20)23/h4-9,16H,2-3,10-12H2,1H3,(H2,20,23)(H,21,24)/t16-/m1/s1. The zero-order valence-electron chi connectivity index (χ0n) is 14.3. The number of benzene rings is 1. The third kappa shape index (κ3) is 4.09. The summed E-state index contributed by atoms with van der Waals surface area (Å²) >= 11 is 0. The molecule has 3 rings (SSSR count). The molecule has 0 bridgehead atoms. The van der Waals surface area contributed by atoms with Crippen molar-refractivity contribution >= 4 is 11.8 Å². The Morgan fingerprint density at radius 3 is 2.32 bits per heavy atom. The summed E-state index contributed by atoms with van der Waals surface area (Å²) in [6.07, 6.45) is 2.33. The first-order valence-electron chi connectivity index (χ1n) is 8.53. The first-order chi connectivity index (χ1) is 12.0. The molecular weight excluding hydrogens is 318 g/mol. The minimum atomic E-state index is -0.505. The van der Waals surface area contributed by atoms with E-state index in [2.05, 4.69) is 10.2 Å². The van der Waals surface area contributed by atoms with Crippen molar-refractivity contribution in [2.24, 2.45) is 5.73 Å². The van der Waals surface area contributed by atoms with E-state index in [1.54, 1.807) is 24.3 Å². The average molecular weight is 341 g/mol. The summed E-state index contributed by atoms with van der Waals surface area (Å²) in [4.78, 5) is 25.9. The van der Waals surface area contributed by atoms with Crippen LogP contribution in [-0.4, -0.2) is 36.3 Å². The van der Waals surface area contributed by atoms with Gasteiger partial charge in [0.15, 0.2) is 0 Å². The van der Waals surface area contributed by atoms with E-state index in [1.165, 1.54) is 12.8 Å². The van der Waals surface area contributed by atoms with Crippen LogP contribution in [0.2, 0.25) is 0 Å². The predicted octanol–water partition coefficient (Wildman–Crippen LogP) is 2.25. The van der Waals surface area contributed by atoms with E-state index in [4.69, 9.17) is 10.2 Å². The molecule has 132 valence electrons. The first-order valence-corrected chi connectivity index (χ1v) is 8.53. The maximum absolute atomic E-state index is 12.4. The molecule has 1 saturated heterocycles. The van der Waals surface area contributed by atoms with E-state index in [1.807, 2.05) is 19.1 Å². The highest BCUT2D eigenvalue weighted by molar-refractivity contribution is 5.97. The highest BCUT2D eigenvalue weighted by Gasteiger charge is 2.26. The fourth-order valence-corrected chi connectivity index (χ4v) is 3.17. The number of likely N-dealkylation sites (tertiary alicyclic amines) is 1. The summed E-state index contributed by atoms with van der Waals surface area (Å²) in [5.41, 5.74) is 6.11. The van der Waals surface area contributed by atoms with E-state index in [0.29, 0.717) is 17.7 Å². The Morgan fingerprint density at radius 1 is 1.12 bits per heavy atom. The second-order valence-electron chi connectivity index (χ2n) is 6.36. The van der Waals surface area contributed by atoms with Crippen LogP contribution in [0.25, 0.3) is 0 Å². The fraction of sp³-hybridized carbons (Fsp3) is 0.368. The van der Waals surface area contributed by atoms with E-state index in [-0.39, 0.29) is 11.9 Å². The van der Waals surface area contributed by atoms with Gasteiger partial charge in [-0.15, -0.1) is 0 Å². The van der Waals surface area contributed by atoms with Crippen molar-refractivity contribution < 1.29 is 14.0 Å². The Kier molecular flexibility index (Phi) is 5.19. The molecule has 0 radical (unpaired) electrons. The molecule has 1 aliphatic rings. The number of carbonyl (C=O) groups is 2. The molecule has 2 amide bonds. The highest BCUT2D eigenvalue weighted by atomic mass is 16.3. The van der Waals surface area contributed by atoms with Crippen LogP contribution in [0.4, 0.5) is 0 Å². The molecule has 25 heavy (non-hydrogen) atoms. The number of hydrogen-bond acceptors (Lipinski definition) is 4. The zero-order valence-corrected chi connectivity index (χ0v) is 14.3. The van der Waals surface area contributed by atoms with Gasteiger partial charge < -0.3 is 15.5 Å². The molecule has 1 aromatic carbocycles. The number of nitrogens with two attached hydrogens (primary N) is 1. The van der Waals surface area contributed by atoms with Crippen LogP contribution in [0, 0.1) is 6.92 Å². The summed E-state index contributed by atoms with van der Waals surface area (Å²) in [7, 11) is 0. The van der Waals surface area contributed by atoms with Crippen LogP contribution < -0.4 is 11.1 Å². The quantitative estimate of drug-likeness (QED) is 0.843. The summed E-state index contributed by atoms with van der Waals surface area (Å²) in [5.74, 6) is 1.06. The van der Waals surface area contributed by atoms with Gasteiger partial charge in [0.05, 0.1) is 6.04 Å². The van der Waals surface area contributed by atoms with Gasteiger partial charge >= 0.3 is 0 Å². The molecule has 1 atom stereocenters. The second-order valence-corrected chi connectivity index (χ2v) is 6.36. The summed E-state index contributed by atoms with van der Waals surface area (Å²) in [5, 5.41) is 2.98. The average Bonchev–Trinajstić information content (AvgIpc) is 3.27. The normalized spacial score (nSPS) is 15.9. The number of carbonyl (C=O) groups excluding carboxylic acids is 2. The number of nitrogens with one attached hydrogen (secondary N) is 1. The van der Waals surface area contributed by atoms with E-state index < -0.39 is 5.91 Å². The van der Waals surface area contributed by atoms with Crippen molar-refractivity contribution in [3.63, 3.8) is 0 Å². The molecule has 0 unspecified atom stereocenters. The molecule has 0 aliphatic carbocycles. The lowest BCUT2D eigenvalue weighted by atomic mass is 10.1. The Labute approximate surface area is 147 Å². The monoisotopic (exact) mass is 341 g/mol. The lowest BCUT2D eigenvalue weighted by Gasteiger charge is -2.26. The lowest BCUT2D eigenvalue weighted by molar-refractivity contribution is 0.0931. The van der Waals surface area contributed by atoms with Crippen LogP contribution in [0.15, 0.2) is 40.8 Å². The number of amides is 2. The van der Waals surface area contributed by atoms with Gasteiger partial charge in [0.1, 0.15) is 11.5 Å². The molecule has 1 aromatic heterocycles. The Bertz CT molecular complexity index is 746. The number of aryl methyl sites for hydroxylation is 1. The smallest absolute Gasteiger partial charge is 0.251 e. The van der Waals surface area contributed by atoms with Gasteiger partial charge in [-0.2, -0.15) is 0 Å². The van der Waals surface area contributed by atoms with Crippen LogP contribution in [-0.2, 0) is 0 Å². The first kappa shape index (κ1) is 17.2. The van der Waals surface area contributed by atoms with Crippen molar-refractivity contribution in [1.29, 1.82) is 0 Å². The Hall–Kier alpha value is -2.60. The number of furan rings is 1. The largest absolute Gasteiger partial charge is 0.465 e. The van der Waals surface area contributed by atoms with E-state index in [0.717, 1.165) is 24.6 Å². The summed E-state index contributed by atoms with van der Waals surface area (Å²) < 4.78 is 5.79. The number of nitrogens with zero attached hydrogens (tertiary/aromatic N) is 1. The zero-order chi connectivity index (χ0) is 17.8. The predicted molar refractivity (Wildman–Crippen MR) is 94.3 cm³/mol. The topological polar surface area (TPSA) is 88.6 Å². The molecule has 3 N–H and O–H groups in total. The number of hydrogen-bond donors (Lipinski definition) is 2. The minimum absolute atomic E-state index is 0.0324. The van der Waals surface area contributed by atoms with Gasteiger partial charge in [0.25, 0.3) is 5.91 Å². The van der Waals surface area contributed by atoms with Gasteiger partial charge in [-0.25, -0.2) is 0 Å². The van der Waals surface area contributed by atoms with Crippen LogP contribution in [0.5, 0.6) is 0 Å². The second kappa shape index (κ2) is 7.53. The Morgan fingerprint density at radius 2 is 1.76 bits per heavy atom. The Balaban J connectivity index is 1.67. The van der Waals surface area contributed by atoms with Gasteiger partial charge in [-0.3, -0.25) is 14.5 Å². The van der Waals surface area contributed by atoms with Crippen molar-refractivity contribution in [2.75, 3.05) is 19.6 Å². The molecular formula is C19H23N3O3. The third-order valence-corrected chi connectivity index (χ3v) is 4.56. The molecule has 2 heterocycles. The molecule has 6 nitrogen and oxygen atoms in total.